The third kappa shape index (κ3) is 4.13. The van der Waals surface area contributed by atoms with Gasteiger partial charge in [-0.05, 0) is 85.5 Å². The van der Waals surface area contributed by atoms with Crippen LogP contribution in [0.2, 0.25) is 0 Å². The Balaban J connectivity index is 1.58. The lowest BCUT2D eigenvalue weighted by atomic mass is 9.89. The van der Waals surface area contributed by atoms with Gasteiger partial charge in [-0.1, -0.05) is 0 Å². The number of halogens is 2. The molecule has 0 saturated carbocycles. The van der Waals surface area contributed by atoms with Crippen molar-refractivity contribution in [2.75, 3.05) is 24.7 Å². The number of ether oxygens (including phenoxy) is 1. The first-order valence-electron chi connectivity index (χ1n) is 12.9. The van der Waals surface area contributed by atoms with Crippen LogP contribution >= 0.6 is 0 Å². The monoisotopic (exact) mass is 504 g/mol. The van der Waals surface area contributed by atoms with E-state index in [4.69, 9.17) is 4.74 Å². The van der Waals surface area contributed by atoms with E-state index in [1.165, 1.54) is 5.56 Å². The molecule has 0 spiro atoms. The minimum Gasteiger partial charge on any atom is -0.381 e. The Hall–Kier alpha value is -3.52. The number of H-pyrrole nitrogens is 1. The van der Waals surface area contributed by atoms with Gasteiger partial charge in [0, 0.05) is 60.8 Å². The summed E-state index contributed by atoms with van der Waals surface area (Å²) in [5.74, 6) is 0.331. The molecule has 1 fully saturated rings. The second kappa shape index (κ2) is 9.41. The van der Waals surface area contributed by atoms with E-state index in [2.05, 4.69) is 27.2 Å². The van der Waals surface area contributed by atoms with Crippen molar-refractivity contribution in [3.63, 3.8) is 0 Å². The lowest BCUT2D eigenvalue weighted by Gasteiger charge is -2.34. The van der Waals surface area contributed by atoms with E-state index in [1.54, 1.807) is 23.0 Å². The Morgan fingerprint density at radius 2 is 1.92 bits per heavy atom. The van der Waals surface area contributed by atoms with Gasteiger partial charge in [-0.3, -0.25) is 9.89 Å². The van der Waals surface area contributed by atoms with Crippen molar-refractivity contribution in [3.05, 3.63) is 75.3 Å². The molecule has 0 bridgehead atoms. The number of rotatable bonds is 4. The summed E-state index contributed by atoms with van der Waals surface area (Å²) in [4.78, 5) is 15.0. The number of anilines is 2. The Labute approximate surface area is 213 Å². The van der Waals surface area contributed by atoms with Crippen LogP contribution in [-0.4, -0.2) is 34.5 Å². The molecule has 2 aliphatic rings. The zero-order valence-corrected chi connectivity index (χ0v) is 21.1. The van der Waals surface area contributed by atoms with Crippen molar-refractivity contribution in [1.82, 2.24) is 14.8 Å². The van der Waals surface area contributed by atoms with Crippen molar-refractivity contribution in [2.45, 2.75) is 45.0 Å². The summed E-state index contributed by atoms with van der Waals surface area (Å²) < 4.78 is 36.0. The normalized spacial score (nSPS) is 16.5. The third-order valence-electron chi connectivity index (χ3n) is 7.92. The van der Waals surface area contributed by atoms with Gasteiger partial charge < -0.3 is 14.2 Å². The molecule has 6 rings (SSSR count). The molecule has 1 saturated heterocycles. The van der Waals surface area contributed by atoms with Crippen LogP contribution in [0, 0.1) is 6.92 Å². The standard InChI is InChI=1S/C29H30F2N4O2/c1-17-10-24-26(34(2)29(17)36)12-20(18-5-8-37-9-6-18)13-27(24)35-7-3-4-19-11-22(21-15-32-33-16-21)23(28(30)31)14-25(19)35/h10-16,18,28H,3-9H2,1-2H3,(H,32,33). The minimum atomic E-state index is -2.62. The third-order valence-corrected chi connectivity index (χ3v) is 7.92. The van der Waals surface area contributed by atoms with Gasteiger partial charge >= 0.3 is 0 Å². The number of hydrogen-bond acceptors (Lipinski definition) is 4. The minimum absolute atomic E-state index is 0.000481. The van der Waals surface area contributed by atoms with Crippen LogP contribution in [0.1, 0.15) is 53.9 Å². The summed E-state index contributed by atoms with van der Waals surface area (Å²) in [6.07, 6.45) is 4.18. The van der Waals surface area contributed by atoms with Gasteiger partial charge in [-0.15, -0.1) is 0 Å². The maximum absolute atomic E-state index is 14.3. The summed E-state index contributed by atoms with van der Waals surface area (Å²) in [5.41, 5.74) is 6.67. The molecule has 6 nitrogen and oxygen atoms in total. The summed E-state index contributed by atoms with van der Waals surface area (Å²) in [5, 5.41) is 7.67. The smallest absolute Gasteiger partial charge is 0.264 e. The Bertz CT molecular complexity index is 1520. The number of hydrogen-bond donors (Lipinski definition) is 1. The molecule has 2 aliphatic heterocycles. The van der Waals surface area contributed by atoms with E-state index in [0.717, 1.165) is 60.1 Å². The number of nitrogens with one attached hydrogen (secondary N) is 1. The largest absolute Gasteiger partial charge is 0.381 e. The van der Waals surface area contributed by atoms with Gasteiger partial charge in [0.1, 0.15) is 0 Å². The fourth-order valence-corrected chi connectivity index (χ4v) is 5.94. The molecule has 8 heteroatoms. The number of aromatic amines is 1. The highest BCUT2D eigenvalue weighted by Crippen LogP contribution is 2.44. The van der Waals surface area contributed by atoms with E-state index in [-0.39, 0.29) is 11.1 Å². The summed E-state index contributed by atoms with van der Waals surface area (Å²) in [7, 11) is 1.81. The van der Waals surface area contributed by atoms with Crippen molar-refractivity contribution < 1.29 is 13.5 Å². The van der Waals surface area contributed by atoms with Crippen LogP contribution in [0.3, 0.4) is 0 Å². The molecule has 4 heterocycles. The van der Waals surface area contributed by atoms with Crippen LogP contribution in [0.5, 0.6) is 0 Å². The number of fused-ring (bicyclic) bond motifs is 2. The van der Waals surface area contributed by atoms with Gasteiger partial charge in [0.2, 0.25) is 0 Å². The van der Waals surface area contributed by atoms with E-state index < -0.39 is 6.43 Å². The quantitative estimate of drug-likeness (QED) is 0.362. The number of nitrogens with zero attached hydrogens (tertiary/aromatic N) is 3. The average Bonchev–Trinajstić information content (AvgIpc) is 3.46. The lowest BCUT2D eigenvalue weighted by molar-refractivity contribution is 0.0853. The van der Waals surface area contributed by atoms with Gasteiger partial charge in [-0.25, -0.2) is 8.78 Å². The molecule has 0 aliphatic carbocycles. The predicted molar refractivity (Wildman–Crippen MR) is 141 cm³/mol. The Morgan fingerprint density at radius 1 is 1.11 bits per heavy atom. The highest BCUT2D eigenvalue weighted by Gasteiger charge is 2.27. The Kier molecular flexibility index (Phi) is 6.07. The van der Waals surface area contributed by atoms with Crippen molar-refractivity contribution in [1.29, 1.82) is 0 Å². The van der Waals surface area contributed by atoms with Crippen molar-refractivity contribution in [3.8, 4) is 11.1 Å². The maximum atomic E-state index is 14.3. The van der Waals surface area contributed by atoms with Crippen LogP contribution in [0.4, 0.5) is 20.2 Å². The van der Waals surface area contributed by atoms with Crippen LogP contribution in [0.15, 0.2) is 47.5 Å². The zero-order chi connectivity index (χ0) is 25.7. The summed E-state index contributed by atoms with van der Waals surface area (Å²) in [6.45, 7) is 3.97. The van der Waals surface area contributed by atoms with E-state index >= 15 is 0 Å². The molecule has 4 aromatic rings. The maximum Gasteiger partial charge on any atom is 0.264 e. The molecule has 0 radical (unpaired) electrons. The van der Waals surface area contributed by atoms with Crippen LogP contribution in [0.25, 0.3) is 22.0 Å². The number of benzene rings is 2. The van der Waals surface area contributed by atoms with Gasteiger partial charge in [0.25, 0.3) is 12.0 Å². The molecule has 2 aromatic heterocycles. The molecule has 2 aromatic carbocycles. The summed E-state index contributed by atoms with van der Waals surface area (Å²) in [6, 6.07) is 9.85. The highest BCUT2D eigenvalue weighted by atomic mass is 19.3. The second-order valence-electron chi connectivity index (χ2n) is 10.2. The molecule has 0 atom stereocenters. The molecular weight excluding hydrogens is 474 g/mol. The number of alkyl halides is 2. The second-order valence-corrected chi connectivity index (χ2v) is 10.2. The van der Waals surface area contributed by atoms with Crippen LogP contribution < -0.4 is 10.5 Å². The first-order valence-corrected chi connectivity index (χ1v) is 12.9. The fourth-order valence-electron chi connectivity index (χ4n) is 5.94. The molecule has 0 unspecified atom stereocenters. The Morgan fingerprint density at radius 3 is 2.65 bits per heavy atom. The predicted octanol–water partition coefficient (Wildman–Crippen LogP) is 6.15. The number of aromatic nitrogens is 3. The highest BCUT2D eigenvalue weighted by molar-refractivity contribution is 5.96. The number of pyridine rings is 1. The van der Waals surface area contributed by atoms with Gasteiger partial charge in [-0.2, -0.15) is 5.10 Å². The van der Waals surface area contributed by atoms with E-state index in [0.29, 0.717) is 35.8 Å². The summed E-state index contributed by atoms with van der Waals surface area (Å²) >= 11 is 0. The van der Waals surface area contributed by atoms with E-state index in [9.17, 15) is 13.6 Å². The van der Waals surface area contributed by atoms with Gasteiger partial charge in [0.15, 0.2) is 0 Å². The molecule has 0 amide bonds. The molecule has 1 N–H and O–H groups in total. The first-order chi connectivity index (χ1) is 17.9. The molecule has 192 valence electrons. The fraction of sp³-hybridized carbons (Fsp3) is 0.379. The van der Waals surface area contributed by atoms with E-state index in [1.807, 2.05) is 26.1 Å². The van der Waals surface area contributed by atoms with Gasteiger partial charge in [0.05, 0.1) is 17.4 Å². The average molecular weight is 505 g/mol. The van der Waals surface area contributed by atoms with Crippen LogP contribution in [-0.2, 0) is 18.2 Å². The van der Waals surface area contributed by atoms with Crippen molar-refractivity contribution in [2.24, 2.45) is 7.05 Å². The zero-order valence-electron chi connectivity index (χ0n) is 21.1. The van der Waals surface area contributed by atoms with Crippen molar-refractivity contribution >= 4 is 22.3 Å². The SMILES string of the molecule is Cc1cc2c(N3CCCc4cc(-c5cn[nH]c5)c(C(F)F)cc43)cc(C3CCOCC3)cc2n(C)c1=O. The molecule has 37 heavy (non-hydrogen) atoms. The topological polar surface area (TPSA) is 63.2 Å². The number of aryl methyl sites for hydroxylation is 3. The molecular formula is C29H30F2N4O2. The lowest BCUT2D eigenvalue weighted by Crippen LogP contribution is -2.27. The first kappa shape index (κ1) is 23.9.